The first kappa shape index (κ1) is 14.6. The largest absolute Gasteiger partial charge is 0.479 e. The van der Waals surface area contributed by atoms with Crippen molar-refractivity contribution in [3.63, 3.8) is 0 Å². The van der Waals surface area contributed by atoms with Crippen LogP contribution in [0.1, 0.15) is 4.88 Å². The lowest BCUT2D eigenvalue weighted by molar-refractivity contribution is -0.146. The fraction of sp³-hybridized carbons (Fsp3) is 0.375. The van der Waals surface area contributed by atoms with Crippen LogP contribution in [-0.2, 0) is 14.8 Å². The quantitative estimate of drug-likeness (QED) is 0.723. The molecule has 0 spiro atoms. The number of thiophene rings is 1. The summed E-state index contributed by atoms with van der Waals surface area (Å²) in [5.41, 5.74) is 0. The second-order valence-corrected chi connectivity index (χ2v) is 7.55. The molecular formula is C8H10BrNO5S2. The highest BCUT2D eigenvalue weighted by Crippen LogP contribution is 2.29. The molecule has 17 heavy (non-hydrogen) atoms. The Labute approximate surface area is 110 Å². The van der Waals surface area contributed by atoms with Crippen LogP contribution < -0.4 is 4.72 Å². The number of aliphatic carboxylic acids is 1. The van der Waals surface area contributed by atoms with Gasteiger partial charge in [0.15, 0.2) is 6.10 Å². The minimum Gasteiger partial charge on any atom is -0.479 e. The molecule has 0 bridgehead atoms. The molecular weight excluding hydrogens is 334 g/mol. The second-order valence-electron chi connectivity index (χ2n) is 3.18. The molecule has 1 aromatic heterocycles. The molecule has 0 saturated heterocycles. The number of nitrogens with one attached hydrogen (secondary N) is 1. The van der Waals surface area contributed by atoms with Crippen LogP contribution in [0.4, 0.5) is 0 Å². The maximum Gasteiger partial charge on any atom is 0.333 e. The fourth-order valence-electron chi connectivity index (χ4n) is 1.05. The molecule has 0 aromatic carbocycles. The summed E-state index contributed by atoms with van der Waals surface area (Å²) in [5, 5.41) is 17.4. The predicted molar refractivity (Wildman–Crippen MR) is 65.6 cm³/mol. The van der Waals surface area contributed by atoms with Crippen LogP contribution in [0.25, 0.3) is 0 Å². The molecule has 1 aromatic rings. The molecule has 1 heterocycles. The summed E-state index contributed by atoms with van der Waals surface area (Å²) < 4.78 is 26.2. The lowest BCUT2D eigenvalue weighted by atomic mass is 10.4. The minimum absolute atomic E-state index is 0.0759. The zero-order valence-electron chi connectivity index (χ0n) is 8.68. The fourth-order valence-corrected chi connectivity index (χ4v) is 4.50. The SMILES string of the molecule is Cc1sc(Br)cc1S(=O)(=O)NCC(O)C(=O)O. The van der Waals surface area contributed by atoms with Crippen molar-refractivity contribution in [2.24, 2.45) is 0 Å². The molecule has 0 fully saturated rings. The Morgan fingerprint density at radius 3 is 2.65 bits per heavy atom. The van der Waals surface area contributed by atoms with Crippen molar-refractivity contribution in [1.29, 1.82) is 0 Å². The number of hydrogen-bond acceptors (Lipinski definition) is 5. The Balaban J connectivity index is 2.83. The average Bonchev–Trinajstić information content (AvgIpc) is 2.55. The van der Waals surface area contributed by atoms with Crippen LogP contribution in [0.15, 0.2) is 14.7 Å². The minimum atomic E-state index is -3.79. The van der Waals surface area contributed by atoms with E-state index in [1.165, 1.54) is 17.4 Å². The van der Waals surface area contributed by atoms with Gasteiger partial charge < -0.3 is 10.2 Å². The van der Waals surface area contributed by atoms with E-state index in [1.807, 2.05) is 4.72 Å². The first-order valence-electron chi connectivity index (χ1n) is 4.40. The van der Waals surface area contributed by atoms with E-state index in [1.54, 1.807) is 6.92 Å². The van der Waals surface area contributed by atoms with Gasteiger partial charge in [-0.15, -0.1) is 11.3 Å². The van der Waals surface area contributed by atoms with E-state index in [4.69, 9.17) is 10.2 Å². The number of carboxylic acid groups (broad SMARTS) is 1. The Morgan fingerprint density at radius 2 is 2.24 bits per heavy atom. The summed E-state index contributed by atoms with van der Waals surface area (Å²) in [6.45, 7) is 1.07. The van der Waals surface area contributed by atoms with Crippen molar-refractivity contribution in [3.05, 3.63) is 14.7 Å². The van der Waals surface area contributed by atoms with Gasteiger partial charge in [-0.3, -0.25) is 0 Å². The number of carbonyl (C=O) groups is 1. The first-order chi connectivity index (χ1) is 7.74. The molecule has 3 N–H and O–H groups in total. The standard InChI is InChI=1S/C8H10BrNO5S2/c1-4-6(2-7(9)16-4)17(14,15)10-3-5(11)8(12)13/h2,5,10-11H,3H2,1H3,(H,12,13). The van der Waals surface area contributed by atoms with Crippen molar-refractivity contribution in [1.82, 2.24) is 4.72 Å². The Bertz CT molecular complexity index is 524. The Kier molecular flexibility index (Phi) is 4.67. The Morgan fingerprint density at radius 1 is 1.65 bits per heavy atom. The molecule has 0 saturated carbocycles. The van der Waals surface area contributed by atoms with E-state index >= 15 is 0 Å². The summed E-state index contributed by atoms with van der Waals surface area (Å²) >= 11 is 4.42. The van der Waals surface area contributed by atoms with Gasteiger partial charge in [0.05, 0.1) is 8.68 Å². The van der Waals surface area contributed by atoms with Crippen LogP contribution in [-0.4, -0.2) is 37.2 Å². The molecule has 96 valence electrons. The van der Waals surface area contributed by atoms with Crippen LogP contribution in [0.5, 0.6) is 0 Å². The second kappa shape index (κ2) is 5.44. The normalized spacial score (nSPS) is 13.6. The highest BCUT2D eigenvalue weighted by Gasteiger charge is 2.22. The van der Waals surface area contributed by atoms with Crippen molar-refractivity contribution in [3.8, 4) is 0 Å². The van der Waals surface area contributed by atoms with Crippen LogP contribution in [0, 0.1) is 6.92 Å². The van der Waals surface area contributed by atoms with Crippen molar-refractivity contribution >= 4 is 43.3 Å². The van der Waals surface area contributed by atoms with E-state index < -0.39 is 28.6 Å². The summed E-state index contributed by atoms with van der Waals surface area (Å²) in [7, 11) is -3.79. The number of rotatable bonds is 5. The molecule has 9 heteroatoms. The highest BCUT2D eigenvalue weighted by atomic mass is 79.9. The number of halogens is 1. The molecule has 1 atom stereocenters. The zero-order valence-corrected chi connectivity index (χ0v) is 11.9. The average molecular weight is 344 g/mol. The van der Waals surface area contributed by atoms with Crippen LogP contribution in [0.3, 0.4) is 0 Å². The number of carboxylic acids is 1. The number of sulfonamides is 1. The first-order valence-corrected chi connectivity index (χ1v) is 7.50. The van der Waals surface area contributed by atoms with Gasteiger partial charge in [0.25, 0.3) is 0 Å². The number of aliphatic hydroxyl groups is 1. The topological polar surface area (TPSA) is 104 Å². The van der Waals surface area contributed by atoms with Crippen LogP contribution >= 0.6 is 27.3 Å². The molecule has 0 aliphatic carbocycles. The van der Waals surface area contributed by atoms with Crippen molar-refractivity contribution < 1.29 is 23.4 Å². The maximum atomic E-state index is 11.8. The van der Waals surface area contributed by atoms with Gasteiger partial charge >= 0.3 is 5.97 Å². The van der Waals surface area contributed by atoms with E-state index in [-0.39, 0.29) is 4.90 Å². The van der Waals surface area contributed by atoms with Gasteiger partial charge in [-0.1, -0.05) is 0 Å². The molecule has 1 rings (SSSR count). The monoisotopic (exact) mass is 343 g/mol. The van der Waals surface area contributed by atoms with Gasteiger partial charge in [0.2, 0.25) is 10.0 Å². The van der Waals surface area contributed by atoms with E-state index in [0.29, 0.717) is 8.66 Å². The maximum absolute atomic E-state index is 11.8. The molecule has 6 nitrogen and oxygen atoms in total. The number of aryl methyl sites for hydroxylation is 1. The van der Waals surface area contributed by atoms with Gasteiger partial charge in [-0.05, 0) is 28.9 Å². The lowest BCUT2D eigenvalue weighted by Gasteiger charge is -2.08. The molecule has 0 aliphatic rings. The lowest BCUT2D eigenvalue weighted by Crippen LogP contribution is -2.36. The van der Waals surface area contributed by atoms with Gasteiger partial charge in [-0.25, -0.2) is 17.9 Å². The van der Waals surface area contributed by atoms with E-state index in [9.17, 15) is 13.2 Å². The van der Waals surface area contributed by atoms with E-state index in [0.717, 1.165) is 0 Å². The number of hydrogen-bond donors (Lipinski definition) is 3. The summed E-state index contributed by atoms with van der Waals surface area (Å²) in [4.78, 5) is 11.0. The third kappa shape index (κ3) is 3.75. The molecule has 0 amide bonds. The third-order valence-electron chi connectivity index (χ3n) is 1.88. The van der Waals surface area contributed by atoms with Gasteiger partial charge in [0.1, 0.15) is 0 Å². The Hall–Kier alpha value is -0.480. The smallest absolute Gasteiger partial charge is 0.333 e. The van der Waals surface area contributed by atoms with Crippen molar-refractivity contribution in [2.45, 2.75) is 17.9 Å². The third-order valence-corrected chi connectivity index (χ3v) is 5.12. The van der Waals surface area contributed by atoms with E-state index in [2.05, 4.69) is 15.9 Å². The zero-order chi connectivity index (χ0) is 13.2. The van der Waals surface area contributed by atoms with Gasteiger partial charge in [-0.2, -0.15) is 0 Å². The summed E-state index contributed by atoms with van der Waals surface area (Å²) in [6.07, 6.45) is -1.76. The highest BCUT2D eigenvalue weighted by molar-refractivity contribution is 9.11. The molecule has 0 radical (unpaired) electrons. The predicted octanol–water partition coefficient (Wildman–Crippen LogP) is 0.543. The van der Waals surface area contributed by atoms with Crippen LogP contribution in [0.2, 0.25) is 0 Å². The molecule has 0 aliphatic heterocycles. The summed E-state index contributed by atoms with van der Waals surface area (Å²) in [6, 6.07) is 1.43. The molecule has 1 unspecified atom stereocenters. The van der Waals surface area contributed by atoms with Crippen molar-refractivity contribution in [2.75, 3.05) is 6.54 Å². The summed E-state index contributed by atoms with van der Waals surface area (Å²) in [5.74, 6) is -1.48. The van der Waals surface area contributed by atoms with Gasteiger partial charge in [0, 0.05) is 11.4 Å². The number of aliphatic hydroxyl groups excluding tert-OH is 1.